The quantitative estimate of drug-likeness (QED) is 0.296. The van der Waals surface area contributed by atoms with Crippen molar-refractivity contribution in [1.29, 1.82) is 0 Å². The third-order valence-electron chi connectivity index (χ3n) is 5.14. The van der Waals surface area contributed by atoms with E-state index >= 15 is 0 Å². The number of nitrogens with zero attached hydrogens (tertiary/aromatic N) is 1. The SMILES string of the molecule is Cc1cc(C2=NOC(C)(c3c(F)c(F)c(F)c(F)c3F)C2)sc1C(=O)NCC(=O)CCC(F)(F)F. The predicted molar refractivity (Wildman–Crippen MR) is 108 cm³/mol. The minimum Gasteiger partial charge on any atom is -0.384 e. The van der Waals surface area contributed by atoms with Gasteiger partial charge in [0.05, 0.1) is 28.3 Å². The molecule has 0 aliphatic carbocycles. The number of ketones is 1. The van der Waals surface area contributed by atoms with Crippen LogP contribution in [0.2, 0.25) is 0 Å². The molecular weight excluding hydrogens is 512 g/mol. The summed E-state index contributed by atoms with van der Waals surface area (Å²) in [4.78, 5) is 29.4. The van der Waals surface area contributed by atoms with Crippen molar-refractivity contribution in [3.8, 4) is 0 Å². The van der Waals surface area contributed by atoms with Gasteiger partial charge >= 0.3 is 6.18 Å². The van der Waals surface area contributed by atoms with Gasteiger partial charge in [-0.3, -0.25) is 9.59 Å². The molecule has 2 aromatic rings. The van der Waals surface area contributed by atoms with E-state index in [1.165, 1.54) is 13.0 Å². The molecule has 0 bridgehead atoms. The zero-order valence-corrected chi connectivity index (χ0v) is 18.8. The molecule has 1 aromatic heterocycles. The highest BCUT2D eigenvalue weighted by Gasteiger charge is 2.44. The van der Waals surface area contributed by atoms with Crippen LogP contribution in [0.15, 0.2) is 11.2 Å². The minimum atomic E-state index is -4.51. The first kappa shape index (κ1) is 26.6. The van der Waals surface area contributed by atoms with E-state index in [0.717, 1.165) is 18.3 Å². The van der Waals surface area contributed by atoms with Gasteiger partial charge in [0.1, 0.15) is 5.71 Å². The van der Waals surface area contributed by atoms with Crippen LogP contribution < -0.4 is 5.32 Å². The Morgan fingerprint density at radius 2 is 1.66 bits per heavy atom. The summed E-state index contributed by atoms with van der Waals surface area (Å²) in [6.45, 7) is 1.98. The molecule has 1 aromatic carbocycles. The van der Waals surface area contributed by atoms with E-state index in [-0.39, 0.29) is 15.5 Å². The van der Waals surface area contributed by atoms with Crippen LogP contribution in [-0.2, 0) is 15.2 Å². The van der Waals surface area contributed by atoms with Gasteiger partial charge in [0.2, 0.25) is 5.82 Å². The summed E-state index contributed by atoms with van der Waals surface area (Å²) in [5.41, 5.74) is -2.79. The van der Waals surface area contributed by atoms with Gasteiger partial charge in [-0.1, -0.05) is 5.16 Å². The number of nitrogens with one attached hydrogen (secondary N) is 1. The van der Waals surface area contributed by atoms with E-state index in [2.05, 4.69) is 10.5 Å². The first-order chi connectivity index (χ1) is 16.1. The molecule has 190 valence electrons. The Bertz CT molecular complexity index is 1200. The van der Waals surface area contributed by atoms with Crippen LogP contribution in [0.5, 0.6) is 0 Å². The molecular formula is C21H16F8N2O3S. The van der Waals surface area contributed by atoms with Crippen molar-refractivity contribution in [3.05, 3.63) is 56.0 Å². The Morgan fingerprint density at radius 3 is 2.23 bits per heavy atom. The molecule has 1 atom stereocenters. The second-order valence-electron chi connectivity index (χ2n) is 7.94. The third kappa shape index (κ3) is 5.46. The maximum absolute atomic E-state index is 14.3. The van der Waals surface area contributed by atoms with Gasteiger partial charge in [-0.15, -0.1) is 11.3 Å². The topological polar surface area (TPSA) is 67.8 Å². The number of hydrogen-bond acceptors (Lipinski definition) is 5. The van der Waals surface area contributed by atoms with Crippen molar-refractivity contribution in [3.63, 3.8) is 0 Å². The molecule has 1 amide bonds. The van der Waals surface area contributed by atoms with Crippen LogP contribution in [0.3, 0.4) is 0 Å². The highest BCUT2D eigenvalue weighted by atomic mass is 32.1. The largest absolute Gasteiger partial charge is 0.389 e. The first-order valence-electron chi connectivity index (χ1n) is 9.89. The number of alkyl halides is 3. The number of carbonyl (C=O) groups is 2. The van der Waals surface area contributed by atoms with E-state index in [0.29, 0.717) is 5.56 Å². The smallest absolute Gasteiger partial charge is 0.384 e. The summed E-state index contributed by atoms with van der Waals surface area (Å²) in [5.74, 6) is -12.3. The van der Waals surface area contributed by atoms with Gasteiger partial charge in [-0.2, -0.15) is 13.2 Å². The molecule has 0 saturated heterocycles. The lowest BCUT2D eigenvalue weighted by molar-refractivity contribution is -0.142. The lowest BCUT2D eigenvalue weighted by Crippen LogP contribution is -2.29. The van der Waals surface area contributed by atoms with Crippen molar-refractivity contribution in [2.75, 3.05) is 6.54 Å². The molecule has 3 rings (SSSR count). The molecule has 0 saturated carbocycles. The molecule has 0 spiro atoms. The molecule has 1 aliphatic heterocycles. The molecule has 0 fully saturated rings. The molecule has 1 N–H and O–H groups in total. The first-order valence-corrected chi connectivity index (χ1v) is 10.7. The fourth-order valence-electron chi connectivity index (χ4n) is 3.35. The Hall–Kier alpha value is -3.03. The number of carbonyl (C=O) groups excluding carboxylic acids is 2. The lowest BCUT2D eigenvalue weighted by Gasteiger charge is -2.23. The summed E-state index contributed by atoms with van der Waals surface area (Å²) in [6.07, 6.45) is -7.01. The average molecular weight is 528 g/mol. The van der Waals surface area contributed by atoms with Gasteiger partial charge < -0.3 is 10.2 Å². The van der Waals surface area contributed by atoms with Gasteiger partial charge in [0.15, 0.2) is 34.7 Å². The van der Waals surface area contributed by atoms with Crippen LogP contribution in [0, 0.1) is 36.0 Å². The van der Waals surface area contributed by atoms with Crippen LogP contribution in [0.25, 0.3) is 0 Å². The number of aryl methyl sites for hydroxylation is 1. The number of Topliss-reactive ketones (excluding diaryl/α,β-unsaturated/α-hetero) is 1. The van der Waals surface area contributed by atoms with Crippen molar-refractivity contribution < 1.29 is 49.5 Å². The fourth-order valence-corrected chi connectivity index (χ4v) is 4.42. The molecule has 0 radical (unpaired) electrons. The summed E-state index contributed by atoms with van der Waals surface area (Å²) in [7, 11) is 0. The Morgan fingerprint density at radius 1 is 1.09 bits per heavy atom. The molecule has 1 aliphatic rings. The summed E-state index contributed by atoms with van der Waals surface area (Å²) >= 11 is 0.837. The van der Waals surface area contributed by atoms with E-state index in [1.54, 1.807) is 0 Å². The normalized spacial score (nSPS) is 17.8. The molecule has 2 heterocycles. The van der Waals surface area contributed by atoms with Gasteiger partial charge in [0.25, 0.3) is 5.91 Å². The van der Waals surface area contributed by atoms with Crippen molar-refractivity contribution >= 4 is 28.7 Å². The summed E-state index contributed by atoms with van der Waals surface area (Å²) < 4.78 is 106. The van der Waals surface area contributed by atoms with Crippen molar-refractivity contribution in [2.45, 2.75) is 44.9 Å². The minimum absolute atomic E-state index is 0.0600. The predicted octanol–water partition coefficient (Wildman–Crippen LogP) is 5.43. The Labute approximate surface area is 196 Å². The zero-order valence-electron chi connectivity index (χ0n) is 18.0. The number of rotatable bonds is 7. The van der Waals surface area contributed by atoms with Gasteiger partial charge in [-0.25, -0.2) is 22.0 Å². The van der Waals surface area contributed by atoms with Crippen LogP contribution in [0.1, 0.15) is 51.9 Å². The number of halogens is 8. The number of thiophene rings is 1. The van der Waals surface area contributed by atoms with Crippen LogP contribution >= 0.6 is 11.3 Å². The monoisotopic (exact) mass is 528 g/mol. The van der Waals surface area contributed by atoms with E-state index in [1.807, 2.05) is 0 Å². The van der Waals surface area contributed by atoms with Crippen molar-refractivity contribution in [2.24, 2.45) is 5.16 Å². The van der Waals surface area contributed by atoms with Crippen LogP contribution in [0.4, 0.5) is 35.1 Å². The second kappa shape index (κ2) is 9.55. The number of hydrogen-bond donors (Lipinski definition) is 1. The zero-order chi connectivity index (χ0) is 26.3. The molecule has 35 heavy (non-hydrogen) atoms. The maximum Gasteiger partial charge on any atom is 0.389 e. The number of oxime groups is 1. The standard InChI is InChI=1S/C21H16F8N2O3S/c1-8-5-11(35-18(8)19(33)30-7-9(32)3-4-21(27,28)29)10-6-20(2,34-31-10)12-13(22)15(24)17(26)16(25)14(12)23/h5H,3-4,6-7H2,1-2H3,(H,30,33). The van der Waals surface area contributed by atoms with E-state index < -0.39 is 83.9 Å². The van der Waals surface area contributed by atoms with Crippen LogP contribution in [-0.4, -0.2) is 30.1 Å². The third-order valence-corrected chi connectivity index (χ3v) is 6.43. The van der Waals surface area contributed by atoms with E-state index in [4.69, 9.17) is 4.84 Å². The van der Waals surface area contributed by atoms with E-state index in [9.17, 15) is 44.7 Å². The second-order valence-corrected chi connectivity index (χ2v) is 8.99. The average Bonchev–Trinajstić information content (AvgIpc) is 3.36. The highest BCUT2D eigenvalue weighted by Crippen LogP contribution is 2.41. The molecule has 5 nitrogen and oxygen atoms in total. The summed E-state index contributed by atoms with van der Waals surface area (Å²) in [5, 5.41) is 5.92. The molecule has 1 unspecified atom stereocenters. The highest BCUT2D eigenvalue weighted by molar-refractivity contribution is 7.16. The maximum atomic E-state index is 14.3. The fraction of sp³-hybridized carbons (Fsp3) is 0.381. The Balaban J connectivity index is 1.74. The van der Waals surface area contributed by atoms with Crippen molar-refractivity contribution in [1.82, 2.24) is 5.32 Å². The number of benzene rings is 1. The van der Waals surface area contributed by atoms with Gasteiger partial charge in [-0.05, 0) is 25.5 Å². The van der Waals surface area contributed by atoms with Gasteiger partial charge in [0, 0.05) is 12.8 Å². The molecule has 14 heteroatoms. The Kier molecular flexibility index (Phi) is 7.25. The number of amides is 1. The summed E-state index contributed by atoms with van der Waals surface area (Å²) in [6, 6.07) is 1.46. The lowest BCUT2D eigenvalue weighted by atomic mass is 9.89.